The van der Waals surface area contributed by atoms with Gasteiger partial charge in [-0.25, -0.2) is 9.79 Å². The molecule has 0 saturated carbocycles. The normalized spacial score (nSPS) is 14.0. The molecule has 0 bridgehead atoms. The van der Waals surface area contributed by atoms with Crippen molar-refractivity contribution in [2.45, 2.75) is 39.8 Å². The van der Waals surface area contributed by atoms with Gasteiger partial charge >= 0.3 is 5.97 Å². The Morgan fingerprint density at radius 3 is 2.40 bits per heavy atom. The van der Waals surface area contributed by atoms with Gasteiger partial charge in [0, 0.05) is 22.3 Å². The van der Waals surface area contributed by atoms with E-state index < -0.39 is 12.0 Å². The minimum atomic E-state index is -0.804. The van der Waals surface area contributed by atoms with Gasteiger partial charge in [0.25, 0.3) is 5.56 Å². The van der Waals surface area contributed by atoms with Crippen molar-refractivity contribution in [3.8, 4) is 23.0 Å². The molecular formula is C37H37ClN2O7S. The number of ether oxygens (including phenoxy) is 5. The van der Waals surface area contributed by atoms with Gasteiger partial charge < -0.3 is 23.7 Å². The van der Waals surface area contributed by atoms with Gasteiger partial charge in [-0.15, -0.1) is 6.58 Å². The van der Waals surface area contributed by atoms with E-state index in [9.17, 15) is 9.59 Å². The minimum Gasteiger partial charge on any atom is -0.490 e. The van der Waals surface area contributed by atoms with Crippen molar-refractivity contribution in [1.29, 1.82) is 0 Å². The molecule has 9 nitrogen and oxygen atoms in total. The van der Waals surface area contributed by atoms with E-state index in [-0.39, 0.29) is 17.7 Å². The number of aromatic nitrogens is 1. The number of esters is 1. The van der Waals surface area contributed by atoms with Gasteiger partial charge in [0.05, 0.1) is 43.1 Å². The Kier molecular flexibility index (Phi) is 11.4. The average molecular weight is 689 g/mol. The van der Waals surface area contributed by atoms with Crippen LogP contribution in [-0.4, -0.2) is 37.5 Å². The van der Waals surface area contributed by atoms with Crippen LogP contribution in [0, 0.1) is 0 Å². The maximum absolute atomic E-state index is 14.2. The standard InChI is InChI=1S/C37H37ClN2O7S/c1-6-12-25-17-23(18-31(46-9-4)34(25)47-22-26-13-10-11-14-28(26)38)19-32-35(41)40-33(27(36(42)43-5)21-39-37(40)48-32)24-15-16-29(44-7-2)30(20-24)45-8-3/h6,10-11,13-21,33H,1,7-9,12,22H2,2-5H3/b32-19-/t33-/m1/s1. The van der Waals surface area contributed by atoms with E-state index in [0.717, 1.165) is 16.7 Å². The molecule has 1 aliphatic rings. The summed E-state index contributed by atoms with van der Waals surface area (Å²) in [6.45, 7) is 11.1. The molecule has 0 amide bonds. The highest BCUT2D eigenvalue weighted by molar-refractivity contribution is 7.07. The number of carbonyl (C=O) groups is 1. The van der Waals surface area contributed by atoms with Crippen LogP contribution >= 0.6 is 22.9 Å². The van der Waals surface area contributed by atoms with E-state index in [0.29, 0.717) is 69.2 Å². The summed E-state index contributed by atoms with van der Waals surface area (Å²) in [5, 5.41) is 0.612. The molecule has 4 aromatic rings. The minimum absolute atomic E-state index is 0.218. The summed E-state index contributed by atoms with van der Waals surface area (Å²) < 4.78 is 30.9. The first-order valence-electron chi connectivity index (χ1n) is 15.6. The summed E-state index contributed by atoms with van der Waals surface area (Å²) in [6.07, 6.45) is 5.54. The molecule has 5 rings (SSSR count). The molecule has 0 spiro atoms. The molecule has 1 aliphatic heterocycles. The van der Waals surface area contributed by atoms with E-state index in [2.05, 4.69) is 11.6 Å². The summed E-state index contributed by atoms with van der Waals surface area (Å²) >= 11 is 7.60. The molecule has 0 saturated heterocycles. The van der Waals surface area contributed by atoms with Gasteiger partial charge in [0.1, 0.15) is 6.61 Å². The zero-order valence-electron chi connectivity index (χ0n) is 27.3. The molecule has 0 unspecified atom stereocenters. The number of hydrogen-bond acceptors (Lipinski definition) is 9. The zero-order valence-corrected chi connectivity index (χ0v) is 28.9. The fraction of sp³-hybridized carbons (Fsp3) is 0.270. The zero-order chi connectivity index (χ0) is 34.2. The Hall–Kier alpha value is -4.80. The third kappa shape index (κ3) is 7.35. The van der Waals surface area contributed by atoms with Crippen LogP contribution in [0.4, 0.5) is 0 Å². The second kappa shape index (κ2) is 15.9. The first-order chi connectivity index (χ1) is 23.3. The SMILES string of the molecule is C=CCc1cc(/C=c2\sc3n(c2=O)[C@H](c2ccc(OCC)c(OCC)c2)C(C(=O)OC)=CN=3)cc(OCC)c1OCc1ccccc1Cl. The molecule has 11 heteroatoms. The van der Waals surface area contributed by atoms with Crippen molar-refractivity contribution in [1.82, 2.24) is 4.57 Å². The maximum atomic E-state index is 14.2. The Labute approximate surface area is 288 Å². The molecule has 1 atom stereocenters. The number of thiazole rings is 1. The lowest BCUT2D eigenvalue weighted by Gasteiger charge is -2.23. The second-order valence-electron chi connectivity index (χ2n) is 10.6. The Morgan fingerprint density at radius 1 is 0.958 bits per heavy atom. The number of allylic oxidation sites excluding steroid dienone is 1. The van der Waals surface area contributed by atoms with Gasteiger partial charge in [-0.3, -0.25) is 9.36 Å². The maximum Gasteiger partial charge on any atom is 0.337 e. The van der Waals surface area contributed by atoms with Gasteiger partial charge in [-0.05, 0) is 74.7 Å². The number of rotatable bonds is 14. The monoisotopic (exact) mass is 688 g/mol. The molecule has 1 aromatic heterocycles. The number of benzene rings is 3. The number of methoxy groups -OCH3 is 1. The first kappa shape index (κ1) is 34.5. The highest BCUT2D eigenvalue weighted by atomic mass is 35.5. The van der Waals surface area contributed by atoms with Crippen LogP contribution < -0.4 is 33.8 Å². The Morgan fingerprint density at radius 2 is 1.69 bits per heavy atom. The molecule has 0 fully saturated rings. The number of hydrogen-bond donors (Lipinski definition) is 0. The molecular weight excluding hydrogens is 652 g/mol. The van der Waals surface area contributed by atoms with Gasteiger partial charge in [-0.2, -0.15) is 0 Å². The van der Waals surface area contributed by atoms with E-state index >= 15 is 0 Å². The number of nitrogens with zero attached hydrogens (tertiary/aromatic N) is 2. The Bertz CT molecular complexity index is 2030. The van der Waals surface area contributed by atoms with Crippen LogP contribution in [0.25, 0.3) is 6.08 Å². The summed E-state index contributed by atoms with van der Waals surface area (Å²) in [5.74, 6) is 1.60. The van der Waals surface area contributed by atoms with Crippen LogP contribution in [0.3, 0.4) is 0 Å². The van der Waals surface area contributed by atoms with Crippen LogP contribution in [0.2, 0.25) is 5.02 Å². The average Bonchev–Trinajstić information content (AvgIpc) is 3.40. The van der Waals surface area contributed by atoms with E-state index in [1.807, 2.05) is 63.2 Å². The molecule has 48 heavy (non-hydrogen) atoms. The number of halogens is 1. The van der Waals surface area contributed by atoms with Crippen LogP contribution in [0.15, 0.2) is 88.8 Å². The molecule has 3 aromatic carbocycles. The van der Waals surface area contributed by atoms with Crippen LogP contribution in [0.1, 0.15) is 49.1 Å². The topological polar surface area (TPSA) is 97.6 Å². The highest BCUT2D eigenvalue weighted by Gasteiger charge is 2.31. The summed E-state index contributed by atoms with van der Waals surface area (Å²) in [5.41, 5.74) is 2.97. The molecule has 2 heterocycles. The quantitative estimate of drug-likeness (QED) is 0.115. The Balaban J connectivity index is 1.62. The number of carbonyl (C=O) groups excluding carboxylic acids is 1. The predicted molar refractivity (Wildman–Crippen MR) is 187 cm³/mol. The van der Waals surface area contributed by atoms with Gasteiger partial charge in [0.15, 0.2) is 27.8 Å². The molecule has 0 N–H and O–H groups in total. The van der Waals surface area contributed by atoms with E-state index in [1.165, 1.54) is 29.2 Å². The third-order valence-electron chi connectivity index (χ3n) is 7.45. The van der Waals surface area contributed by atoms with Gasteiger partial charge in [-0.1, -0.05) is 53.3 Å². The second-order valence-corrected chi connectivity index (χ2v) is 12.0. The van der Waals surface area contributed by atoms with E-state index in [1.54, 1.807) is 24.3 Å². The van der Waals surface area contributed by atoms with Crippen molar-refractivity contribution < 1.29 is 28.5 Å². The molecule has 250 valence electrons. The van der Waals surface area contributed by atoms with Crippen molar-refractivity contribution in [3.63, 3.8) is 0 Å². The lowest BCUT2D eigenvalue weighted by Crippen LogP contribution is -2.39. The van der Waals surface area contributed by atoms with Crippen molar-refractivity contribution in [3.05, 3.63) is 126 Å². The molecule has 0 radical (unpaired) electrons. The van der Waals surface area contributed by atoms with Crippen molar-refractivity contribution in [2.24, 2.45) is 4.99 Å². The van der Waals surface area contributed by atoms with Gasteiger partial charge in [0.2, 0.25) is 0 Å². The lowest BCUT2D eigenvalue weighted by molar-refractivity contribution is -0.136. The predicted octanol–water partition coefficient (Wildman–Crippen LogP) is 6.18. The van der Waals surface area contributed by atoms with Crippen molar-refractivity contribution >= 4 is 35.0 Å². The summed E-state index contributed by atoms with van der Waals surface area (Å²) in [7, 11) is 1.30. The smallest absolute Gasteiger partial charge is 0.337 e. The fourth-order valence-electron chi connectivity index (χ4n) is 5.40. The van der Waals surface area contributed by atoms with Crippen LogP contribution in [-0.2, 0) is 22.6 Å². The number of fused-ring (bicyclic) bond motifs is 1. The highest BCUT2D eigenvalue weighted by Crippen LogP contribution is 2.37. The summed E-state index contributed by atoms with van der Waals surface area (Å²) in [4.78, 5) is 32.1. The lowest BCUT2D eigenvalue weighted by atomic mass is 9.97. The summed E-state index contributed by atoms with van der Waals surface area (Å²) in [6, 6.07) is 15.9. The largest absolute Gasteiger partial charge is 0.490 e. The molecule has 0 aliphatic carbocycles. The van der Waals surface area contributed by atoms with E-state index in [4.69, 9.17) is 35.3 Å². The fourth-order valence-corrected chi connectivity index (χ4v) is 6.56. The van der Waals surface area contributed by atoms with Crippen molar-refractivity contribution in [2.75, 3.05) is 26.9 Å². The third-order valence-corrected chi connectivity index (χ3v) is 8.82. The van der Waals surface area contributed by atoms with Crippen LogP contribution in [0.5, 0.6) is 23.0 Å². The first-order valence-corrected chi connectivity index (χ1v) is 16.8.